The number of likely N-dealkylation sites (tertiary alicyclic amines) is 1. The SMILES string of the molecule is COc1ccc(F)cc1/C(O)=C1\C(=O)C(=O)N(Cc2cccnc2)[C@H]1c1ccco1. The van der Waals surface area contributed by atoms with Crippen LogP contribution in [0.3, 0.4) is 0 Å². The summed E-state index contributed by atoms with van der Waals surface area (Å²) in [5, 5.41) is 11.0. The number of pyridine rings is 1. The van der Waals surface area contributed by atoms with Crippen molar-refractivity contribution < 1.29 is 28.2 Å². The Kier molecular flexibility index (Phi) is 5.05. The summed E-state index contributed by atoms with van der Waals surface area (Å²) in [7, 11) is 1.36. The molecule has 30 heavy (non-hydrogen) atoms. The first-order valence-corrected chi connectivity index (χ1v) is 9.06. The van der Waals surface area contributed by atoms with E-state index in [-0.39, 0.29) is 29.2 Å². The third kappa shape index (κ3) is 3.32. The van der Waals surface area contributed by atoms with Gasteiger partial charge in [-0.25, -0.2) is 4.39 Å². The highest BCUT2D eigenvalue weighted by atomic mass is 19.1. The van der Waals surface area contributed by atoms with E-state index in [1.165, 1.54) is 30.4 Å². The highest BCUT2D eigenvalue weighted by Gasteiger charge is 2.47. The van der Waals surface area contributed by atoms with E-state index < -0.39 is 29.3 Å². The Morgan fingerprint density at radius 1 is 1.27 bits per heavy atom. The van der Waals surface area contributed by atoms with Gasteiger partial charge in [-0.3, -0.25) is 14.6 Å². The summed E-state index contributed by atoms with van der Waals surface area (Å²) in [6.07, 6.45) is 4.58. The van der Waals surface area contributed by atoms with Gasteiger partial charge in [0.1, 0.15) is 29.1 Å². The number of hydrogen-bond acceptors (Lipinski definition) is 6. The smallest absolute Gasteiger partial charge is 0.296 e. The van der Waals surface area contributed by atoms with Gasteiger partial charge in [0, 0.05) is 18.9 Å². The van der Waals surface area contributed by atoms with Crippen LogP contribution in [0.1, 0.15) is 22.9 Å². The monoisotopic (exact) mass is 408 g/mol. The van der Waals surface area contributed by atoms with Crippen molar-refractivity contribution in [3.63, 3.8) is 0 Å². The molecule has 1 atom stereocenters. The van der Waals surface area contributed by atoms with E-state index in [4.69, 9.17) is 9.15 Å². The van der Waals surface area contributed by atoms with Crippen molar-refractivity contribution in [2.24, 2.45) is 0 Å². The van der Waals surface area contributed by atoms with Gasteiger partial charge in [-0.05, 0) is 42.0 Å². The van der Waals surface area contributed by atoms with E-state index in [1.54, 1.807) is 36.7 Å². The minimum Gasteiger partial charge on any atom is -0.507 e. The standard InChI is InChI=1S/C22H17FN2O5/c1-29-16-7-6-14(23)10-15(16)20(26)18-19(17-5-3-9-30-17)25(22(28)21(18)27)12-13-4-2-8-24-11-13/h2-11,19,26H,12H2,1H3/b20-18+/t19-/m0/s1. The number of nitrogens with zero attached hydrogens (tertiary/aromatic N) is 2. The largest absolute Gasteiger partial charge is 0.507 e. The number of ketones is 1. The third-order valence-corrected chi connectivity index (χ3v) is 4.84. The molecule has 1 N–H and O–H groups in total. The van der Waals surface area contributed by atoms with Crippen LogP contribution in [0.5, 0.6) is 5.75 Å². The molecule has 8 heteroatoms. The number of rotatable bonds is 5. The van der Waals surface area contributed by atoms with E-state index in [1.807, 2.05) is 0 Å². The van der Waals surface area contributed by atoms with Crippen molar-refractivity contribution in [1.82, 2.24) is 9.88 Å². The lowest BCUT2D eigenvalue weighted by Gasteiger charge is -2.23. The lowest BCUT2D eigenvalue weighted by Crippen LogP contribution is -2.29. The Balaban J connectivity index is 1.88. The zero-order chi connectivity index (χ0) is 21.3. The highest BCUT2D eigenvalue weighted by Crippen LogP contribution is 2.41. The summed E-state index contributed by atoms with van der Waals surface area (Å²) < 4.78 is 24.5. The predicted molar refractivity (Wildman–Crippen MR) is 104 cm³/mol. The number of aromatic nitrogens is 1. The van der Waals surface area contributed by atoms with Crippen LogP contribution in [-0.2, 0) is 16.1 Å². The van der Waals surface area contributed by atoms with Crippen LogP contribution < -0.4 is 4.74 Å². The summed E-state index contributed by atoms with van der Waals surface area (Å²) >= 11 is 0. The fourth-order valence-corrected chi connectivity index (χ4v) is 3.48. The number of amides is 1. The van der Waals surface area contributed by atoms with Crippen LogP contribution in [0.25, 0.3) is 5.76 Å². The molecule has 3 heterocycles. The summed E-state index contributed by atoms with van der Waals surface area (Å²) in [4.78, 5) is 31.1. The molecule has 152 valence electrons. The minimum absolute atomic E-state index is 0.0339. The van der Waals surface area contributed by atoms with Gasteiger partial charge in [0.2, 0.25) is 0 Å². The fourth-order valence-electron chi connectivity index (χ4n) is 3.48. The van der Waals surface area contributed by atoms with Gasteiger partial charge in [0.25, 0.3) is 11.7 Å². The van der Waals surface area contributed by atoms with Crippen molar-refractivity contribution in [1.29, 1.82) is 0 Å². The second-order valence-corrected chi connectivity index (χ2v) is 6.65. The fraction of sp³-hybridized carbons (Fsp3) is 0.136. The lowest BCUT2D eigenvalue weighted by atomic mass is 9.98. The van der Waals surface area contributed by atoms with Crippen LogP contribution in [0.15, 0.2) is 71.1 Å². The molecule has 4 rings (SSSR count). The topological polar surface area (TPSA) is 92.9 Å². The number of aliphatic hydroxyl groups excluding tert-OH is 1. The number of carbonyl (C=O) groups is 2. The lowest BCUT2D eigenvalue weighted by molar-refractivity contribution is -0.140. The average Bonchev–Trinajstić information content (AvgIpc) is 3.37. The second kappa shape index (κ2) is 7.82. The maximum Gasteiger partial charge on any atom is 0.296 e. The molecular weight excluding hydrogens is 391 g/mol. The number of methoxy groups -OCH3 is 1. The van der Waals surface area contributed by atoms with E-state index in [2.05, 4.69) is 4.98 Å². The van der Waals surface area contributed by atoms with Gasteiger partial charge in [-0.1, -0.05) is 6.07 Å². The number of benzene rings is 1. The highest BCUT2D eigenvalue weighted by molar-refractivity contribution is 6.46. The van der Waals surface area contributed by atoms with E-state index >= 15 is 0 Å². The zero-order valence-corrected chi connectivity index (χ0v) is 15.9. The van der Waals surface area contributed by atoms with Gasteiger partial charge in [0.05, 0.1) is 24.5 Å². The van der Waals surface area contributed by atoms with Gasteiger partial charge in [-0.2, -0.15) is 0 Å². The van der Waals surface area contributed by atoms with Crippen LogP contribution in [0.2, 0.25) is 0 Å². The zero-order valence-electron chi connectivity index (χ0n) is 15.9. The van der Waals surface area contributed by atoms with Crippen LogP contribution in [0, 0.1) is 5.82 Å². The third-order valence-electron chi connectivity index (χ3n) is 4.84. The Labute approximate surface area is 171 Å². The summed E-state index contributed by atoms with van der Waals surface area (Å²) in [5.41, 5.74) is 0.454. The molecule has 7 nitrogen and oxygen atoms in total. The minimum atomic E-state index is -0.992. The molecule has 1 amide bonds. The number of carbonyl (C=O) groups excluding carboxylic acids is 2. The number of furan rings is 1. The van der Waals surface area contributed by atoms with Gasteiger partial charge in [0.15, 0.2) is 0 Å². The summed E-state index contributed by atoms with van der Waals surface area (Å²) in [5.74, 6) is -2.43. The molecule has 1 fully saturated rings. The van der Waals surface area contributed by atoms with Crippen LogP contribution >= 0.6 is 0 Å². The molecule has 1 saturated heterocycles. The van der Waals surface area contributed by atoms with Crippen molar-refractivity contribution in [2.45, 2.75) is 12.6 Å². The number of aliphatic hydroxyl groups is 1. The number of halogens is 1. The molecule has 0 unspecified atom stereocenters. The Morgan fingerprint density at radius 3 is 2.77 bits per heavy atom. The van der Waals surface area contributed by atoms with Crippen molar-refractivity contribution in [2.75, 3.05) is 7.11 Å². The van der Waals surface area contributed by atoms with Crippen molar-refractivity contribution in [3.8, 4) is 5.75 Å². The van der Waals surface area contributed by atoms with Gasteiger partial charge in [-0.15, -0.1) is 0 Å². The Morgan fingerprint density at radius 2 is 2.10 bits per heavy atom. The van der Waals surface area contributed by atoms with E-state index in [9.17, 15) is 19.1 Å². The first-order chi connectivity index (χ1) is 14.5. The molecular formula is C22H17FN2O5. The van der Waals surface area contributed by atoms with Gasteiger partial charge >= 0.3 is 0 Å². The molecule has 0 bridgehead atoms. The van der Waals surface area contributed by atoms with Gasteiger partial charge < -0.3 is 19.2 Å². The summed E-state index contributed by atoms with van der Waals surface area (Å²) in [6, 6.07) is 9.24. The first kappa shape index (κ1) is 19.4. The van der Waals surface area contributed by atoms with Crippen molar-refractivity contribution >= 4 is 17.4 Å². The Bertz CT molecular complexity index is 1130. The number of ether oxygens (including phenoxy) is 1. The normalized spacial score (nSPS) is 18.1. The number of hydrogen-bond donors (Lipinski definition) is 1. The maximum absolute atomic E-state index is 13.9. The predicted octanol–water partition coefficient (Wildman–Crippen LogP) is 3.44. The molecule has 2 aromatic heterocycles. The summed E-state index contributed by atoms with van der Waals surface area (Å²) in [6.45, 7) is 0.0703. The van der Waals surface area contributed by atoms with Crippen molar-refractivity contribution in [3.05, 3.63) is 89.4 Å². The van der Waals surface area contributed by atoms with E-state index in [0.29, 0.717) is 5.56 Å². The first-order valence-electron chi connectivity index (χ1n) is 9.06. The molecule has 3 aromatic rings. The molecule has 1 aliphatic heterocycles. The molecule has 0 saturated carbocycles. The molecule has 0 aliphatic carbocycles. The molecule has 0 radical (unpaired) electrons. The number of Topliss-reactive ketones (excluding diaryl/α,β-unsaturated/α-hetero) is 1. The quantitative estimate of drug-likeness (QED) is 0.395. The van der Waals surface area contributed by atoms with E-state index in [0.717, 1.165) is 6.07 Å². The molecule has 1 aliphatic rings. The maximum atomic E-state index is 13.9. The Hall–Kier alpha value is -3.94. The average molecular weight is 408 g/mol. The van der Waals surface area contributed by atoms with Crippen LogP contribution in [-0.4, -0.2) is 33.8 Å². The van der Waals surface area contributed by atoms with Crippen LogP contribution in [0.4, 0.5) is 4.39 Å². The molecule has 1 aromatic carbocycles. The second-order valence-electron chi connectivity index (χ2n) is 6.65. The molecule has 0 spiro atoms.